The first kappa shape index (κ1) is 16.7. The molecule has 1 saturated heterocycles. The van der Waals surface area contributed by atoms with Crippen LogP contribution in [0.2, 0.25) is 0 Å². The summed E-state index contributed by atoms with van der Waals surface area (Å²) >= 11 is 0. The maximum Gasteiger partial charge on any atom is 0.182 e. The van der Waals surface area contributed by atoms with Crippen LogP contribution >= 0.6 is 0 Å². The van der Waals surface area contributed by atoms with Gasteiger partial charge in [-0.2, -0.15) is 0 Å². The summed E-state index contributed by atoms with van der Waals surface area (Å²) in [5.41, 5.74) is 1.97. The van der Waals surface area contributed by atoms with Gasteiger partial charge in [0.25, 0.3) is 0 Å². The van der Waals surface area contributed by atoms with Crippen molar-refractivity contribution in [3.05, 3.63) is 66.6 Å². The summed E-state index contributed by atoms with van der Waals surface area (Å²) in [6.07, 6.45) is 5.90. The molecule has 2 aromatic heterocycles. The van der Waals surface area contributed by atoms with Gasteiger partial charge in [-0.05, 0) is 42.3 Å². The lowest BCUT2D eigenvalue weighted by Gasteiger charge is -2.33. The van der Waals surface area contributed by atoms with Crippen molar-refractivity contribution in [1.29, 1.82) is 0 Å². The van der Waals surface area contributed by atoms with E-state index in [-0.39, 0.29) is 5.56 Å². The second-order valence-electron chi connectivity index (χ2n) is 6.66. The Kier molecular flexibility index (Phi) is 3.93. The number of hydrogen-bond acceptors (Lipinski definition) is 5. The van der Waals surface area contributed by atoms with Crippen molar-refractivity contribution >= 4 is 16.7 Å². The molecule has 138 valence electrons. The van der Waals surface area contributed by atoms with Gasteiger partial charge in [0.1, 0.15) is 23.1 Å². The molecule has 7 heteroatoms. The van der Waals surface area contributed by atoms with Gasteiger partial charge in [-0.1, -0.05) is 6.07 Å². The molecule has 0 amide bonds. The molecule has 2 aromatic carbocycles. The average molecular weight is 375 g/mol. The van der Waals surface area contributed by atoms with Crippen LogP contribution in [0.3, 0.4) is 0 Å². The summed E-state index contributed by atoms with van der Waals surface area (Å²) in [5, 5.41) is 0.868. The highest BCUT2D eigenvalue weighted by Crippen LogP contribution is 2.33. The Labute approximate surface area is 159 Å². The predicted octanol–water partition coefficient (Wildman–Crippen LogP) is 4.24. The molecule has 4 aromatic rings. The summed E-state index contributed by atoms with van der Waals surface area (Å²) < 4.78 is 27.9. The number of hydrogen-bond donors (Lipinski definition) is 0. The molecular formula is C21H15F2N5. The third-order valence-corrected chi connectivity index (χ3v) is 4.86. The normalized spacial score (nSPS) is 13.6. The van der Waals surface area contributed by atoms with E-state index in [0.29, 0.717) is 22.6 Å². The number of halogens is 2. The van der Waals surface area contributed by atoms with Gasteiger partial charge in [0.05, 0.1) is 11.7 Å². The number of anilines is 1. The fraction of sp³-hybridized carbons (Fsp3) is 0.143. The molecule has 0 bridgehead atoms. The van der Waals surface area contributed by atoms with Crippen LogP contribution in [0.5, 0.6) is 0 Å². The lowest BCUT2D eigenvalue weighted by atomic mass is 10.0. The molecule has 0 spiro atoms. The van der Waals surface area contributed by atoms with Crippen LogP contribution in [0.1, 0.15) is 6.42 Å². The van der Waals surface area contributed by atoms with E-state index < -0.39 is 11.6 Å². The SMILES string of the molecule is Fc1ccc(F)c(-c2ccc3c(N4CCC4)nc(-c4cnccn4)nc3c2)c1. The molecule has 1 aliphatic rings. The summed E-state index contributed by atoms with van der Waals surface area (Å²) in [6, 6.07) is 8.83. The zero-order valence-corrected chi connectivity index (χ0v) is 14.8. The van der Waals surface area contributed by atoms with Gasteiger partial charge in [0.15, 0.2) is 5.82 Å². The molecule has 0 unspecified atom stereocenters. The van der Waals surface area contributed by atoms with Crippen molar-refractivity contribution < 1.29 is 8.78 Å². The van der Waals surface area contributed by atoms with Crippen LogP contribution < -0.4 is 4.90 Å². The number of nitrogens with zero attached hydrogens (tertiary/aromatic N) is 5. The first-order valence-corrected chi connectivity index (χ1v) is 8.97. The summed E-state index contributed by atoms with van der Waals surface area (Å²) in [7, 11) is 0. The molecule has 0 aliphatic carbocycles. The first-order chi connectivity index (χ1) is 13.7. The van der Waals surface area contributed by atoms with E-state index in [0.717, 1.165) is 42.8 Å². The zero-order chi connectivity index (χ0) is 19.1. The minimum absolute atomic E-state index is 0.201. The van der Waals surface area contributed by atoms with E-state index in [1.807, 2.05) is 6.07 Å². The fourth-order valence-corrected chi connectivity index (χ4v) is 3.30. The van der Waals surface area contributed by atoms with E-state index in [4.69, 9.17) is 4.98 Å². The minimum Gasteiger partial charge on any atom is -0.356 e. The molecule has 1 aliphatic heterocycles. The molecule has 0 radical (unpaired) electrons. The number of fused-ring (bicyclic) bond motifs is 1. The highest BCUT2D eigenvalue weighted by Gasteiger charge is 2.21. The van der Waals surface area contributed by atoms with Gasteiger partial charge in [-0.3, -0.25) is 4.98 Å². The van der Waals surface area contributed by atoms with E-state index >= 15 is 0 Å². The Bertz CT molecular complexity index is 1180. The molecule has 1 fully saturated rings. The summed E-state index contributed by atoms with van der Waals surface area (Å²) in [6.45, 7) is 1.85. The summed E-state index contributed by atoms with van der Waals surface area (Å²) in [5.74, 6) is 0.315. The smallest absolute Gasteiger partial charge is 0.182 e. The third kappa shape index (κ3) is 2.85. The third-order valence-electron chi connectivity index (χ3n) is 4.86. The van der Waals surface area contributed by atoms with Gasteiger partial charge >= 0.3 is 0 Å². The standard InChI is InChI=1S/C21H15F2N5/c22-14-3-5-17(23)16(11-14)13-2-4-15-18(10-13)26-20(19-12-24-6-7-25-19)27-21(15)28-8-1-9-28/h2-7,10-12H,1,8-9H2. The van der Waals surface area contributed by atoms with Crippen molar-refractivity contribution in [3.63, 3.8) is 0 Å². The zero-order valence-electron chi connectivity index (χ0n) is 14.8. The molecule has 5 nitrogen and oxygen atoms in total. The number of benzene rings is 2. The molecule has 5 rings (SSSR count). The Morgan fingerprint density at radius 3 is 2.57 bits per heavy atom. The Morgan fingerprint density at radius 2 is 1.82 bits per heavy atom. The molecule has 28 heavy (non-hydrogen) atoms. The predicted molar refractivity (Wildman–Crippen MR) is 103 cm³/mol. The quantitative estimate of drug-likeness (QED) is 0.536. The highest BCUT2D eigenvalue weighted by molar-refractivity contribution is 5.94. The summed E-state index contributed by atoms with van der Waals surface area (Å²) in [4.78, 5) is 19.9. The second kappa shape index (κ2) is 6.60. The number of rotatable bonds is 3. The van der Waals surface area contributed by atoms with Crippen LogP contribution in [-0.2, 0) is 0 Å². The molecule has 0 N–H and O–H groups in total. The van der Waals surface area contributed by atoms with Gasteiger partial charge in [0.2, 0.25) is 0 Å². The van der Waals surface area contributed by atoms with Gasteiger partial charge in [-0.25, -0.2) is 23.7 Å². The van der Waals surface area contributed by atoms with Crippen LogP contribution in [0.4, 0.5) is 14.6 Å². The Hall–Kier alpha value is -3.48. The van der Waals surface area contributed by atoms with Crippen LogP contribution in [0.15, 0.2) is 55.0 Å². The largest absolute Gasteiger partial charge is 0.356 e. The van der Waals surface area contributed by atoms with Crippen LogP contribution in [0.25, 0.3) is 33.5 Å². The monoisotopic (exact) mass is 375 g/mol. The van der Waals surface area contributed by atoms with Gasteiger partial charge in [-0.15, -0.1) is 0 Å². The van der Waals surface area contributed by atoms with E-state index in [2.05, 4.69) is 19.9 Å². The van der Waals surface area contributed by atoms with Crippen molar-refractivity contribution in [2.45, 2.75) is 6.42 Å². The number of aromatic nitrogens is 4. The van der Waals surface area contributed by atoms with Crippen molar-refractivity contribution in [3.8, 4) is 22.6 Å². The first-order valence-electron chi connectivity index (χ1n) is 8.97. The maximum atomic E-state index is 14.2. The van der Waals surface area contributed by atoms with Crippen molar-refractivity contribution in [2.75, 3.05) is 18.0 Å². The average Bonchev–Trinajstić information content (AvgIpc) is 2.68. The highest BCUT2D eigenvalue weighted by atomic mass is 19.1. The lowest BCUT2D eigenvalue weighted by molar-refractivity contribution is 0.603. The molecular weight excluding hydrogens is 360 g/mol. The van der Waals surface area contributed by atoms with Gasteiger partial charge in [0, 0.05) is 36.4 Å². The lowest BCUT2D eigenvalue weighted by Crippen LogP contribution is -2.37. The fourth-order valence-electron chi connectivity index (χ4n) is 3.30. The van der Waals surface area contributed by atoms with E-state index in [1.54, 1.807) is 30.7 Å². The van der Waals surface area contributed by atoms with E-state index in [1.165, 1.54) is 6.07 Å². The van der Waals surface area contributed by atoms with Crippen molar-refractivity contribution in [2.24, 2.45) is 0 Å². The van der Waals surface area contributed by atoms with Crippen LogP contribution in [-0.4, -0.2) is 33.0 Å². The molecule has 0 saturated carbocycles. The molecule has 0 atom stereocenters. The topological polar surface area (TPSA) is 54.8 Å². The van der Waals surface area contributed by atoms with Gasteiger partial charge < -0.3 is 4.90 Å². The van der Waals surface area contributed by atoms with E-state index in [9.17, 15) is 8.78 Å². The van der Waals surface area contributed by atoms with Crippen molar-refractivity contribution in [1.82, 2.24) is 19.9 Å². The van der Waals surface area contributed by atoms with Crippen LogP contribution in [0, 0.1) is 11.6 Å². The second-order valence-corrected chi connectivity index (χ2v) is 6.66. The Morgan fingerprint density at radius 1 is 0.929 bits per heavy atom. The Balaban J connectivity index is 1.72. The molecule has 3 heterocycles. The minimum atomic E-state index is -0.485. The maximum absolute atomic E-state index is 14.2.